The summed E-state index contributed by atoms with van der Waals surface area (Å²) in [7, 11) is 0. The quantitative estimate of drug-likeness (QED) is 0.917. The molecular formula is C18H26N4S. The lowest BCUT2D eigenvalue weighted by atomic mass is 9.89. The third kappa shape index (κ3) is 2.74. The molecule has 1 N–H and O–H groups in total. The van der Waals surface area contributed by atoms with Gasteiger partial charge in [0.1, 0.15) is 16.5 Å². The Bertz CT molecular complexity index is 715. The van der Waals surface area contributed by atoms with Gasteiger partial charge in [-0.2, -0.15) is 0 Å². The van der Waals surface area contributed by atoms with E-state index in [2.05, 4.69) is 31.0 Å². The molecule has 4 rings (SSSR count). The van der Waals surface area contributed by atoms with Crippen LogP contribution in [-0.2, 0) is 12.8 Å². The SMILES string of the molecule is CC(C)c1nc(N2CCNCC2)c2c3c(sc2n1)C[C@@H](C)CC3. The molecule has 124 valence electrons. The maximum Gasteiger partial charge on any atom is 0.141 e. The summed E-state index contributed by atoms with van der Waals surface area (Å²) in [6.45, 7) is 10.9. The molecule has 1 aliphatic carbocycles. The van der Waals surface area contributed by atoms with E-state index in [1.807, 2.05) is 11.3 Å². The Hall–Kier alpha value is -1.20. The Labute approximate surface area is 142 Å². The topological polar surface area (TPSA) is 41.1 Å². The number of hydrogen-bond acceptors (Lipinski definition) is 5. The summed E-state index contributed by atoms with van der Waals surface area (Å²) in [5.74, 6) is 3.37. The lowest BCUT2D eigenvalue weighted by molar-refractivity contribution is 0.509. The molecule has 0 aromatic carbocycles. The highest BCUT2D eigenvalue weighted by atomic mass is 32.1. The first-order valence-electron chi connectivity index (χ1n) is 8.91. The van der Waals surface area contributed by atoms with Crippen molar-refractivity contribution in [2.24, 2.45) is 5.92 Å². The predicted octanol–water partition coefficient (Wildman–Crippen LogP) is 3.35. The van der Waals surface area contributed by atoms with Crippen molar-refractivity contribution in [1.29, 1.82) is 0 Å². The van der Waals surface area contributed by atoms with E-state index < -0.39 is 0 Å². The van der Waals surface area contributed by atoms with E-state index in [1.165, 1.54) is 35.3 Å². The number of nitrogens with one attached hydrogen (secondary N) is 1. The fourth-order valence-electron chi connectivity index (χ4n) is 3.70. The molecule has 2 aromatic heterocycles. The van der Waals surface area contributed by atoms with Gasteiger partial charge in [0.2, 0.25) is 0 Å². The van der Waals surface area contributed by atoms with Gasteiger partial charge in [-0.3, -0.25) is 0 Å². The number of nitrogens with zero attached hydrogens (tertiary/aromatic N) is 3. The predicted molar refractivity (Wildman–Crippen MR) is 97.8 cm³/mol. The molecule has 2 aromatic rings. The zero-order valence-electron chi connectivity index (χ0n) is 14.4. The molecule has 0 spiro atoms. The van der Waals surface area contributed by atoms with Crippen molar-refractivity contribution in [3.63, 3.8) is 0 Å². The van der Waals surface area contributed by atoms with E-state index >= 15 is 0 Å². The summed E-state index contributed by atoms with van der Waals surface area (Å²) in [5, 5.41) is 4.81. The van der Waals surface area contributed by atoms with Crippen molar-refractivity contribution in [2.45, 2.75) is 46.0 Å². The maximum atomic E-state index is 5.02. The van der Waals surface area contributed by atoms with E-state index in [1.54, 1.807) is 10.4 Å². The Morgan fingerprint density at radius 2 is 2.00 bits per heavy atom. The number of thiophene rings is 1. The van der Waals surface area contributed by atoms with Gasteiger partial charge >= 0.3 is 0 Å². The van der Waals surface area contributed by atoms with E-state index in [9.17, 15) is 0 Å². The van der Waals surface area contributed by atoms with Crippen molar-refractivity contribution in [1.82, 2.24) is 15.3 Å². The van der Waals surface area contributed by atoms with Gasteiger partial charge in [0.15, 0.2) is 0 Å². The second-order valence-corrected chi connectivity index (χ2v) is 8.41. The molecule has 23 heavy (non-hydrogen) atoms. The highest BCUT2D eigenvalue weighted by Crippen LogP contribution is 2.41. The molecule has 2 aliphatic rings. The molecule has 4 nitrogen and oxygen atoms in total. The normalized spacial score (nSPS) is 21.9. The minimum Gasteiger partial charge on any atom is -0.353 e. The zero-order chi connectivity index (χ0) is 16.0. The van der Waals surface area contributed by atoms with Crippen LogP contribution in [0.15, 0.2) is 0 Å². The van der Waals surface area contributed by atoms with E-state index in [0.29, 0.717) is 5.92 Å². The Morgan fingerprint density at radius 3 is 2.74 bits per heavy atom. The van der Waals surface area contributed by atoms with Crippen LogP contribution in [0.2, 0.25) is 0 Å². The van der Waals surface area contributed by atoms with Crippen molar-refractivity contribution < 1.29 is 0 Å². The summed E-state index contributed by atoms with van der Waals surface area (Å²) in [5.41, 5.74) is 1.55. The van der Waals surface area contributed by atoms with Crippen LogP contribution in [-0.4, -0.2) is 36.1 Å². The van der Waals surface area contributed by atoms with Crippen LogP contribution in [0.1, 0.15) is 49.4 Å². The average Bonchev–Trinajstić information content (AvgIpc) is 2.91. The first kappa shape index (κ1) is 15.3. The summed E-state index contributed by atoms with van der Waals surface area (Å²) in [6.07, 6.45) is 3.71. The molecule has 0 saturated carbocycles. The Balaban J connectivity index is 1.90. The van der Waals surface area contributed by atoms with E-state index in [4.69, 9.17) is 9.97 Å². The molecule has 1 fully saturated rings. The third-order valence-corrected chi connectivity index (χ3v) is 6.23. The van der Waals surface area contributed by atoms with Crippen molar-refractivity contribution in [3.8, 4) is 0 Å². The van der Waals surface area contributed by atoms with Crippen LogP contribution in [0.4, 0.5) is 5.82 Å². The fraction of sp³-hybridized carbons (Fsp3) is 0.667. The molecule has 0 unspecified atom stereocenters. The molecular weight excluding hydrogens is 304 g/mol. The largest absolute Gasteiger partial charge is 0.353 e. The van der Waals surface area contributed by atoms with Gasteiger partial charge in [-0.1, -0.05) is 20.8 Å². The Morgan fingerprint density at radius 1 is 1.22 bits per heavy atom. The minimum atomic E-state index is 0.374. The van der Waals surface area contributed by atoms with Crippen LogP contribution < -0.4 is 10.2 Å². The van der Waals surface area contributed by atoms with Crippen LogP contribution >= 0.6 is 11.3 Å². The van der Waals surface area contributed by atoms with Crippen LogP contribution in [0.5, 0.6) is 0 Å². The summed E-state index contributed by atoms with van der Waals surface area (Å²) < 4.78 is 0. The van der Waals surface area contributed by atoms with E-state index in [0.717, 1.165) is 37.9 Å². The third-order valence-electron chi connectivity index (χ3n) is 5.09. The smallest absolute Gasteiger partial charge is 0.141 e. The lowest BCUT2D eigenvalue weighted by Gasteiger charge is -2.30. The molecule has 1 atom stereocenters. The van der Waals surface area contributed by atoms with Gasteiger partial charge in [-0.15, -0.1) is 11.3 Å². The van der Waals surface area contributed by atoms with Gasteiger partial charge in [0, 0.05) is 37.0 Å². The van der Waals surface area contributed by atoms with Gasteiger partial charge in [-0.05, 0) is 30.7 Å². The van der Waals surface area contributed by atoms with Crippen molar-refractivity contribution in [3.05, 3.63) is 16.3 Å². The average molecular weight is 331 g/mol. The number of aromatic nitrogens is 2. The maximum absolute atomic E-state index is 5.02. The number of rotatable bonds is 2. The van der Waals surface area contributed by atoms with Gasteiger partial charge in [-0.25, -0.2) is 9.97 Å². The Kier molecular flexibility index (Phi) is 4.01. The highest BCUT2D eigenvalue weighted by molar-refractivity contribution is 7.19. The lowest BCUT2D eigenvalue weighted by Crippen LogP contribution is -2.44. The monoisotopic (exact) mass is 330 g/mol. The second kappa shape index (κ2) is 6.02. The molecule has 1 saturated heterocycles. The number of fused-ring (bicyclic) bond motifs is 3. The van der Waals surface area contributed by atoms with Gasteiger partial charge < -0.3 is 10.2 Å². The molecule has 0 amide bonds. The fourth-order valence-corrected chi connectivity index (χ4v) is 5.09. The van der Waals surface area contributed by atoms with Crippen LogP contribution in [0.3, 0.4) is 0 Å². The summed E-state index contributed by atoms with van der Waals surface area (Å²) in [6, 6.07) is 0. The molecule has 1 aliphatic heterocycles. The molecule has 0 bridgehead atoms. The number of aryl methyl sites for hydroxylation is 1. The minimum absolute atomic E-state index is 0.374. The zero-order valence-corrected chi connectivity index (χ0v) is 15.2. The first-order valence-corrected chi connectivity index (χ1v) is 9.73. The van der Waals surface area contributed by atoms with Crippen LogP contribution in [0.25, 0.3) is 10.2 Å². The van der Waals surface area contributed by atoms with E-state index in [-0.39, 0.29) is 0 Å². The van der Waals surface area contributed by atoms with Crippen LogP contribution in [0, 0.1) is 5.92 Å². The summed E-state index contributed by atoms with van der Waals surface area (Å²) >= 11 is 1.92. The van der Waals surface area contributed by atoms with Crippen molar-refractivity contribution in [2.75, 3.05) is 31.1 Å². The number of hydrogen-bond donors (Lipinski definition) is 1. The standard InChI is InChI=1S/C18H26N4S/c1-11(2)16-20-17(22-8-6-19-7-9-22)15-13-5-4-12(3)10-14(13)23-18(15)21-16/h11-12,19H,4-10H2,1-3H3/t12-/m0/s1. The number of piperazine rings is 1. The van der Waals surface area contributed by atoms with Gasteiger partial charge in [0.25, 0.3) is 0 Å². The molecule has 0 radical (unpaired) electrons. The highest BCUT2D eigenvalue weighted by Gasteiger charge is 2.26. The molecule has 5 heteroatoms. The second-order valence-electron chi connectivity index (χ2n) is 7.33. The number of anilines is 1. The van der Waals surface area contributed by atoms with Crippen molar-refractivity contribution >= 4 is 27.4 Å². The summed E-state index contributed by atoms with van der Waals surface area (Å²) in [4.78, 5) is 15.2. The van der Waals surface area contributed by atoms with Gasteiger partial charge in [0.05, 0.1) is 5.39 Å². The first-order chi connectivity index (χ1) is 11.1. The molecule has 3 heterocycles.